The van der Waals surface area contributed by atoms with Gasteiger partial charge in [-0.25, -0.2) is 13.1 Å². The molecule has 1 saturated carbocycles. The van der Waals surface area contributed by atoms with Crippen LogP contribution in [0.2, 0.25) is 0 Å². The molecule has 0 aromatic heterocycles. The van der Waals surface area contributed by atoms with Crippen LogP contribution in [0.1, 0.15) is 32.1 Å². The Balaban J connectivity index is 2.12. The molecule has 2 rings (SSSR count). The van der Waals surface area contributed by atoms with Gasteiger partial charge in [-0.2, -0.15) is 0 Å². The first-order valence-electron chi connectivity index (χ1n) is 6.83. The van der Waals surface area contributed by atoms with Crippen molar-refractivity contribution in [3.63, 3.8) is 0 Å². The summed E-state index contributed by atoms with van der Waals surface area (Å²) in [5, 5.41) is -0.134. The monoisotopic (exact) mass is 317 g/mol. The Kier molecular flexibility index (Phi) is 5.29. The lowest BCUT2D eigenvalue weighted by Gasteiger charge is -2.21. The van der Waals surface area contributed by atoms with Crippen molar-refractivity contribution in [3.8, 4) is 5.75 Å². The van der Waals surface area contributed by atoms with Crippen molar-refractivity contribution in [2.24, 2.45) is 0 Å². The van der Waals surface area contributed by atoms with E-state index in [1.807, 2.05) is 0 Å². The zero-order valence-corrected chi connectivity index (χ0v) is 13.1. The van der Waals surface area contributed by atoms with Gasteiger partial charge in [0, 0.05) is 11.4 Å². The normalized spacial score (nSPS) is 24.1. The number of alkyl halides is 1. The average molecular weight is 318 g/mol. The average Bonchev–Trinajstić information content (AvgIpc) is 2.64. The molecule has 0 spiro atoms. The summed E-state index contributed by atoms with van der Waals surface area (Å²) >= 11 is 6.28. The molecule has 1 aromatic carbocycles. The molecule has 1 aliphatic carbocycles. The summed E-state index contributed by atoms with van der Waals surface area (Å²) < 4.78 is 32.5. The third-order valence-electron chi connectivity index (χ3n) is 3.61. The topological polar surface area (TPSA) is 55.4 Å². The lowest BCUT2D eigenvalue weighted by atomic mass is 10.1. The van der Waals surface area contributed by atoms with Gasteiger partial charge in [0.25, 0.3) is 0 Å². The third kappa shape index (κ3) is 3.87. The maximum atomic E-state index is 12.3. The number of halogens is 1. The second-order valence-corrected chi connectivity index (χ2v) is 7.33. The molecule has 0 aliphatic heterocycles. The summed E-state index contributed by atoms with van der Waals surface area (Å²) in [5.41, 5.74) is 0. The second-order valence-electron chi connectivity index (χ2n) is 5.06. The summed E-state index contributed by atoms with van der Waals surface area (Å²) in [6.45, 7) is 0. The van der Waals surface area contributed by atoms with Crippen LogP contribution < -0.4 is 9.46 Å². The van der Waals surface area contributed by atoms with Crippen LogP contribution in [0.4, 0.5) is 0 Å². The lowest BCUT2D eigenvalue weighted by Crippen LogP contribution is -2.40. The molecule has 0 saturated heterocycles. The number of rotatable bonds is 4. The molecule has 112 valence electrons. The molecular weight excluding hydrogens is 298 g/mol. The maximum absolute atomic E-state index is 12.3. The highest BCUT2D eigenvalue weighted by molar-refractivity contribution is 7.89. The van der Waals surface area contributed by atoms with Gasteiger partial charge in [-0.05, 0) is 37.1 Å². The quantitative estimate of drug-likeness (QED) is 0.686. The Morgan fingerprint density at radius 2 is 1.80 bits per heavy atom. The predicted molar refractivity (Wildman–Crippen MR) is 79.8 cm³/mol. The molecule has 0 radical (unpaired) electrons. The smallest absolute Gasteiger partial charge is 0.240 e. The van der Waals surface area contributed by atoms with Crippen LogP contribution in [-0.4, -0.2) is 26.9 Å². The highest BCUT2D eigenvalue weighted by Gasteiger charge is 2.27. The van der Waals surface area contributed by atoms with E-state index in [0.717, 1.165) is 32.1 Å². The molecule has 1 fully saturated rings. The van der Waals surface area contributed by atoms with Gasteiger partial charge in [-0.1, -0.05) is 19.3 Å². The Morgan fingerprint density at radius 3 is 2.45 bits per heavy atom. The second kappa shape index (κ2) is 6.78. The Hall–Kier alpha value is -0.780. The van der Waals surface area contributed by atoms with Gasteiger partial charge in [-0.3, -0.25) is 0 Å². The van der Waals surface area contributed by atoms with Gasteiger partial charge < -0.3 is 4.74 Å². The van der Waals surface area contributed by atoms with Crippen molar-refractivity contribution in [1.82, 2.24) is 4.72 Å². The molecule has 1 aromatic rings. The molecule has 0 bridgehead atoms. The molecular formula is C14H20ClNO3S. The van der Waals surface area contributed by atoms with E-state index in [2.05, 4.69) is 4.72 Å². The van der Waals surface area contributed by atoms with Gasteiger partial charge in [0.05, 0.1) is 12.0 Å². The minimum atomic E-state index is -3.52. The lowest BCUT2D eigenvalue weighted by molar-refractivity contribution is 0.414. The van der Waals surface area contributed by atoms with Crippen LogP contribution in [0.15, 0.2) is 29.2 Å². The number of nitrogens with one attached hydrogen (secondary N) is 1. The van der Waals surface area contributed by atoms with Crippen molar-refractivity contribution in [2.75, 3.05) is 7.11 Å². The summed E-state index contributed by atoms with van der Waals surface area (Å²) in [4.78, 5) is 0.242. The Labute approximate surface area is 125 Å². The summed E-state index contributed by atoms with van der Waals surface area (Å²) in [6, 6.07) is 6.17. The fourth-order valence-electron chi connectivity index (χ4n) is 2.42. The third-order valence-corrected chi connectivity index (χ3v) is 5.64. The SMILES string of the molecule is COc1ccc(S(=O)(=O)NC2CCCCCC2Cl)cc1. The first-order chi connectivity index (χ1) is 9.53. The van der Waals surface area contributed by atoms with Crippen LogP contribution >= 0.6 is 11.6 Å². The highest BCUT2D eigenvalue weighted by Crippen LogP contribution is 2.24. The molecule has 0 heterocycles. The molecule has 1 N–H and O–H groups in total. The highest BCUT2D eigenvalue weighted by atomic mass is 35.5. The van der Waals surface area contributed by atoms with Gasteiger partial charge in [0.1, 0.15) is 5.75 Å². The van der Waals surface area contributed by atoms with E-state index in [1.54, 1.807) is 31.4 Å². The van der Waals surface area contributed by atoms with Crippen molar-refractivity contribution < 1.29 is 13.2 Å². The van der Waals surface area contributed by atoms with Crippen molar-refractivity contribution >= 4 is 21.6 Å². The van der Waals surface area contributed by atoms with Crippen LogP contribution in [0.25, 0.3) is 0 Å². The van der Waals surface area contributed by atoms with E-state index in [0.29, 0.717) is 5.75 Å². The van der Waals surface area contributed by atoms with Gasteiger partial charge in [0.15, 0.2) is 0 Å². The van der Waals surface area contributed by atoms with E-state index in [1.165, 1.54) is 0 Å². The number of hydrogen-bond acceptors (Lipinski definition) is 3. The summed E-state index contributed by atoms with van der Waals surface area (Å²) in [7, 11) is -1.98. The van der Waals surface area contributed by atoms with Gasteiger partial charge >= 0.3 is 0 Å². The molecule has 1 aliphatic rings. The number of ether oxygens (including phenoxy) is 1. The van der Waals surface area contributed by atoms with E-state index >= 15 is 0 Å². The van der Waals surface area contributed by atoms with Crippen LogP contribution in [0, 0.1) is 0 Å². The minimum Gasteiger partial charge on any atom is -0.497 e. The zero-order chi connectivity index (χ0) is 14.6. The number of sulfonamides is 1. The molecule has 20 heavy (non-hydrogen) atoms. The Morgan fingerprint density at radius 1 is 1.15 bits per heavy atom. The van der Waals surface area contributed by atoms with Crippen molar-refractivity contribution in [3.05, 3.63) is 24.3 Å². The fourth-order valence-corrected chi connectivity index (χ4v) is 4.15. The molecule has 4 nitrogen and oxygen atoms in total. The van der Waals surface area contributed by atoms with Gasteiger partial charge in [-0.15, -0.1) is 11.6 Å². The number of hydrogen-bond donors (Lipinski definition) is 1. The van der Waals surface area contributed by atoms with E-state index in [-0.39, 0.29) is 16.3 Å². The van der Waals surface area contributed by atoms with Crippen LogP contribution in [-0.2, 0) is 10.0 Å². The summed E-state index contributed by atoms with van der Waals surface area (Å²) in [5.74, 6) is 0.633. The fraction of sp³-hybridized carbons (Fsp3) is 0.571. The van der Waals surface area contributed by atoms with E-state index < -0.39 is 10.0 Å². The molecule has 0 amide bonds. The minimum absolute atomic E-state index is 0.134. The van der Waals surface area contributed by atoms with E-state index in [4.69, 9.17) is 16.3 Å². The van der Waals surface area contributed by atoms with Crippen molar-refractivity contribution in [1.29, 1.82) is 0 Å². The predicted octanol–water partition coefficient (Wildman–Crippen LogP) is 2.91. The number of methoxy groups -OCH3 is 1. The zero-order valence-electron chi connectivity index (χ0n) is 11.5. The van der Waals surface area contributed by atoms with Crippen LogP contribution in [0.5, 0.6) is 5.75 Å². The van der Waals surface area contributed by atoms with Crippen molar-refractivity contribution in [2.45, 2.75) is 48.4 Å². The maximum Gasteiger partial charge on any atom is 0.240 e. The summed E-state index contributed by atoms with van der Waals surface area (Å²) in [6.07, 6.45) is 4.85. The Bertz CT molecular complexity index is 530. The largest absolute Gasteiger partial charge is 0.497 e. The number of benzene rings is 1. The molecule has 2 atom stereocenters. The van der Waals surface area contributed by atoms with E-state index in [9.17, 15) is 8.42 Å². The standard InChI is InChI=1S/C14H20ClNO3S/c1-19-11-7-9-12(10-8-11)20(17,18)16-14-6-4-2-3-5-13(14)15/h7-10,13-14,16H,2-6H2,1H3. The van der Waals surface area contributed by atoms with Gasteiger partial charge in [0.2, 0.25) is 10.0 Å². The molecule has 6 heteroatoms. The molecule has 2 unspecified atom stereocenters. The first kappa shape index (κ1) is 15.6. The van der Waals surface area contributed by atoms with Crippen LogP contribution in [0.3, 0.4) is 0 Å². The first-order valence-corrected chi connectivity index (χ1v) is 8.75.